The van der Waals surface area contributed by atoms with E-state index in [4.69, 9.17) is 9.47 Å². The van der Waals surface area contributed by atoms with Crippen LogP contribution in [0.25, 0.3) is 0 Å². The molecule has 154 valence electrons. The van der Waals surface area contributed by atoms with E-state index in [1.54, 1.807) is 14.2 Å². The predicted molar refractivity (Wildman–Crippen MR) is 114 cm³/mol. The molecule has 0 amide bonds. The van der Waals surface area contributed by atoms with Crippen molar-refractivity contribution in [2.24, 2.45) is 4.99 Å². The summed E-state index contributed by atoms with van der Waals surface area (Å²) in [5.41, 5.74) is 0.633. The molecular formula is C19H30F2IN3O2. The van der Waals surface area contributed by atoms with Gasteiger partial charge < -0.3 is 19.7 Å². The van der Waals surface area contributed by atoms with Crippen LogP contribution >= 0.6 is 24.0 Å². The Morgan fingerprint density at radius 2 is 1.85 bits per heavy atom. The molecule has 0 unspecified atom stereocenters. The second kappa shape index (κ2) is 13.2. The standard InChI is InChI=1S/C19H29F2N3O2.HI/c1-22-19(23-7-4-15-12-16(20)14-17(21)13-15)24-8-5-18(6-9-24)26-11-3-10-25-2;/h12-14,18H,3-11H2,1-2H3,(H,22,23);1H. The Balaban J connectivity index is 0.00000364. The molecule has 0 atom stereocenters. The van der Waals surface area contributed by atoms with Crippen molar-refractivity contribution in [3.8, 4) is 0 Å². The van der Waals surface area contributed by atoms with Gasteiger partial charge in [0.1, 0.15) is 11.6 Å². The average molecular weight is 497 g/mol. The van der Waals surface area contributed by atoms with Crippen LogP contribution in [0, 0.1) is 11.6 Å². The van der Waals surface area contributed by atoms with E-state index in [0.29, 0.717) is 18.5 Å². The SMILES string of the molecule is CN=C(NCCc1cc(F)cc(F)c1)N1CCC(OCCCOC)CC1.I. The van der Waals surface area contributed by atoms with Gasteiger partial charge in [0.25, 0.3) is 0 Å². The van der Waals surface area contributed by atoms with Gasteiger partial charge in [0.2, 0.25) is 0 Å². The number of nitrogens with zero attached hydrogens (tertiary/aromatic N) is 2. The molecule has 0 bridgehead atoms. The molecule has 0 saturated carbocycles. The van der Waals surface area contributed by atoms with Gasteiger partial charge in [0.05, 0.1) is 6.10 Å². The summed E-state index contributed by atoms with van der Waals surface area (Å²) in [5.74, 6) is -0.270. The average Bonchev–Trinajstić information content (AvgIpc) is 2.62. The Labute approximate surface area is 177 Å². The Morgan fingerprint density at radius 1 is 1.19 bits per heavy atom. The van der Waals surface area contributed by atoms with Crippen LogP contribution in [0.4, 0.5) is 8.78 Å². The molecule has 5 nitrogen and oxygen atoms in total. The van der Waals surface area contributed by atoms with Gasteiger partial charge in [-0.3, -0.25) is 4.99 Å². The fourth-order valence-corrected chi connectivity index (χ4v) is 3.09. The number of hydrogen-bond acceptors (Lipinski definition) is 3. The van der Waals surface area contributed by atoms with Gasteiger partial charge in [0.15, 0.2) is 5.96 Å². The monoisotopic (exact) mass is 497 g/mol. The smallest absolute Gasteiger partial charge is 0.193 e. The minimum absolute atomic E-state index is 0. The maximum Gasteiger partial charge on any atom is 0.193 e. The van der Waals surface area contributed by atoms with Gasteiger partial charge in [-0.15, -0.1) is 24.0 Å². The van der Waals surface area contributed by atoms with E-state index >= 15 is 0 Å². The molecule has 8 heteroatoms. The van der Waals surface area contributed by atoms with Gasteiger partial charge in [-0.1, -0.05) is 0 Å². The molecule has 1 fully saturated rings. The van der Waals surface area contributed by atoms with Gasteiger partial charge >= 0.3 is 0 Å². The largest absolute Gasteiger partial charge is 0.385 e. The Morgan fingerprint density at radius 3 is 2.44 bits per heavy atom. The quantitative estimate of drug-likeness (QED) is 0.260. The zero-order valence-electron chi connectivity index (χ0n) is 16.0. The minimum Gasteiger partial charge on any atom is -0.385 e. The first kappa shape index (κ1) is 24.0. The van der Waals surface area contributed by atoms with Crippen molar-refractivity contribution in [2.75, 3.05) is 47.0 Å². The van der Waals surface area contributed by atoms with E-state index in [9.17, 15) is 8.78 Å². The highest BCUT2D eigenvalue weighted by atomic mass is 127. The van der Waals surface area contributed by atoms with E-state index in [0.717, 1.165) is 57.6 Å². The zero-order chi connectivity index (χ0) is 18.8. The molecule has 1 aliphatic heterocycles. The highest BCUT2D eigenvalue weighted by Gasteiger charge is 2.21. The number of benzene rings is 1. The van der Waals surface area contributed by atoms with Crippen molar-refractivity contribution >= 4 is 29.9 Å². The van der Waals surface area contributed by atoms with Crippen LogP contribution < -0.4 is 5.32 Å². The van der Waals surface area contributed by atoms with Crippen LogP contribution in [-0.2, 0) is 15.9 Å². The van der Waals surface area contributed by atoms with Crippen molar-refractivity contribution in [1.82, 2.24) is 10.2 Å². The maximum atomic E-state index is 13.2. The summed E-state index contributed by atoms with van der Waals surface area (Å²) in [6.45, 7) is 3.79. The van der Waals surface area contributed by atoms with E-state index in [1.165, 1.54) is 12.1 Å². The van der Waals surface area contributed by atoms with Crippen LogP contribution in [0.1, 0.15) is 24.8 Å². The fraction of sp³-hybridized carbons (Fsp3) is 0.632. The number of nitrogens with one attached hydrogen (secondary N) is 1. The van der Waals surface area contributed by atoms with Crippen LogP contribution in [0.5, 0.6) is 0 Å². The van der Waals surface area contributed by atoms with Crippen molar-refractivity contribution in [3.05, 3.63) is 35.4 Å². The number of guanidine groups is 1. The lowest BCUT2D eigenvalue weighted by atomic mass is 10.1. The minimum atomic E-state index is -0.544. The molecule has 1 aromatic carbocycles. The molecule has 27 heavy (non-hydrogen) atoms. The normalized spacial score (nSPS) is 15.6. The first-order valence-electron chi connectivity index (χ1n) is 9.13. The molecule has 0 aliphatic carbocycles. The fourth-order valence-electron chi connectivity index (χ4n) is 3.09. The van der Waals surface area contributed by atoms with Gasteiger partial charge in [-0.05, 0) is 43.4 Å². The first-order valence-corrected chi connectivity index (χ1v) is 9.13. The van der Waals surface area contributed by atoms with E-state index in [-0.39, 0.29) is 30.1 Å². The summed E-state index contributed by atoms with van der Waals surface area (Å²) in [5, 5.41) is 3.27. The Kier molecular flexibility index (Phi) is 11.8. The lowest BCUT2D eigenvalue weighted by Crippen LogP contribution is -2.47. The van der Waals surface area contributed by atoms with Crippen LogP contribution in [-0.4, -0.2) is 64.0 Å². The Bertz CT molecular complexity index is 562. The third kappa shape index (κ3) is 8.69. The predicted octanol–water partition coefficient (Wildman–Crippen LogP) is 3.22. The first-order chi connectivity index (χ1) is 12.6. The molecular weight excluding hydrogens is 467 g/mol. The molecule has 1 N–H and O–H groups in total. The van der Waals surface area contributed by atoms with Crippen molar-refractivity contribution in [3.63, 3.8) is 0 Å². The highest BCUT2D eigenvalue weighted by Crippen LogP contribution is 2.14. The summed E-state index contributed by atoms with van der Waals surface area (Å²) >= 11 is 0. The molecule has 1 aliphatic rings. The number of hydrogen-bond donors (Lipinski definition) is 1. The number of ether oxygens (including phenoxy) is 2. The third-order valence-corrected chi connectivity index (χ3v) is 4.42. The summed E-state index contributed by atoms with van der Waals surface area (Å²) < 4.78 is 37.3. The molecule has 0 radical (unpaired) electrons. The maximum absolute atomic E-state index is 13.2. The van der Waals surface area contributed by atoms with E-state index in [1.807, 2.05) is 0 Å². The number of aliphatic imine (C=N–C) groups is 1. The van der Waals surface area contributed by atoms with Crippen LogP contribution in [0.3, 0.4) is 0 Å². The molecule has 0 aromatic heterocycles. The third-order valence-electron chi connectivity index (χ3n) is 4.42. The molecule has 1 aromatic rings. The van der Waals surface area contributed by atoms with Gasteiger partial charge in [-0.25, -0.2) is 8.78 Å². The van der Waals surface area contributed by atoms with Crippen molar-refractivity contribution < 1.29 is 18.3 Å². The molecule has 1 heterocycles. The van der Waals surface area contributed by atoms with Crippen LogP contribution in [0.15, 0.2) is 23.2 Å². The topological polar surface area (TPSA) is 46.1 Å². The van der Waals surface area contributed by atoms with Gasteiger partial charge in [-0.2, -0.15) is 0 Å². The Hall–Kier alpha value is -1.00. The number of rotatable bonds is 8. The summed E-state index contributed by atoms with van der Waals surface area (Å²) in [4.78, 5) is 6.51. The molecule has 2 rings (SSSR count). The zero-order valence-corrected chi connectivity index (χ0v) is 18.4. The second-order valence-electron chi connectivity index (χ2n) is 6.41. The lowest BCUT2D eigenvalue weighted by Gasteiger charge is -2.34. The summed E-state index contributed by atoms with van der Waals surface area (Å²) in [6, 6.07) is 3.61. The number of methoxy groups -OCH3 is 1. The second-order valence-corrected chi connectivity index (χ2v) is 6.41. The van der Waals surface area contributed by atoms with Crippen LogP contribution in [0.2, 0.25) is 0 Å². The van der Waals surface area contributed by atoms with Gasteiger partial charge in [0, 0.05) is 53.1 Å². The van der Waals surface area contributed by atoms with E-state index in [2.05, 4.69) is 15.2 Å². The molecule has 1 saturated heterocycles. The molecule has 0 spiro atoms. The van der Waals surface area contributed by atoms with Crippen molar-refractivity contribution in [1.29, 1.82) is 0 Å². The van der Waals surface area contributed by atoms with E-state index < -0.39 is 11.6 Å². The number of halogens is 3. The number of likely N-dealkylation sites (tertiary alicyclic amines) is 1. The van der Waals surface area contributed by atoms with Crippen molar-refractivity contribution in [2.45, 2.75) is 31.8 Å². The summed E-state index contributed by atoms with van der Waals surface area (Å²) in [6.07, 6.45) is 3.66. The summed E-state index contributed by atoms with van der Waals surface area (Å²) in [7, 11) is 3.44. The number of piperidine rings is 1. The lowest BCUT2D eigenvalue weighted by molar-refractivity contribution is 0.00992. The highest BCUT2D eigenvalue weighted by molar-refractivity contribution is 14.0.